The number of benzene rings is 1. The van der Waals surface area contributed by atoms with Crippen LogP contribution in [0, 0.1) is 6.92 Å². The Labute approximate surface area is 184 Å². The molecule has 0 spiro atoms. The summed E-state index contributed by atoms with van der Waals surface area (Å²) in [7, 11) is 0. The van der Waals surface area contributed by atoms with Gasteiger partial charge >= 0.3 is 0 Å². The third-order valence-corrected chi connectivity index (χ3v) is 6.36. The van der Waals surface area contributed by atoms with E-state index in [2.05, 4.69) is 35.9 Å². The van der Waals surface area contributed by atoms with Crippen molar-refractivity contribution in [2.45, 2.75) is 46.1 Å². The minimum Gasteiger partial charge on any atom is -0.353 e. The maximum absolute atomic E-state index is 13.5. The number of carbonyl (C=O) groups excluding carboxylic acids is 2. The van der Waals surface area contributed by atoms with Crippen molar-refractivity contribution in [1.29, 1.82) is 0 Å². The molecule has 0 aliphatic carbocycles. The molecule has 2 aromatic rings. The summed E-state index contributed by atoms with van der Waals surface area (Å²) in [6.07, 6.45) is 5.08. The maximum Gasteiger partial charge on any atom is 0.259 e. The van der Waals surface area contributed by atoms with Crippen LogP contribution >= 0.6 is 0 Å². The highest BCUT2D eigenvalue weighted by Gasteiger charge is 2.30. The first-order valence-corrected chi connectivity index (χ1v) is 11.2. The van der Waals surface area contributed by atoms with E-state index < -0.39 is 0 Å². The van der Waals surface area contributed by atoms with Gasteiger partial charge in [0.1, 0.15) is 11.4 Å². The molecule has 7 heteroatoms. The molecule has 0 N–H and O–H groups in total. The molecule has 31 heavy (non-hydrogen) atoms. The lowest BCUT2D eigenvalue weighted by molar-refractivity contribution is -0.130. The molecule has 7 nitrogen and oxygen atoms in total. The summed E-state index contributed by atoms with van der Waals surface area (Å²) >= 11 is 0. The Morgan fingerprint density at radius 1 is 1.03 bits per heavy atom. The minimum absolute atomic E-state index is 0.0493. The van der Waals surface area contributed by atoms with E-state index in [0.717, 1.165) is 36.3 Å². The number of amides is 2. The van der Waals surface area contributed by atoms with Gasteiger partial charge in [-0.1, -0.05) is 23.8 Å². The van der Waals surface area contributed by atoms with Crippen LogP contribution < -0.4 is 4.90 Å². The molecule has 4 rings (SSSR count). The lowest BCUT2D eigenvalue weighted by Gasteiger charge is -2.37. The average Bonchev–Trinajstić information content (AvgIpc) is 2.78. The van der Waals surface area contributed by atoms with Gasteiger partial charge in [-0.25, -0.2) is 9.97 Å². The maximum atomic E-state index is 13.5. The highest BCUT2D eigenvalue weighted by Crippen LogP contribution is 2.29. The highest BCUT2D eigenvalue weighted by atomic mass is 16.2. The van der Waals surface area contributed by atoms with Crippen LogP contribution in [-0.2, 0) is 4.79 Å². The second-order valence-electron chi connectivity index (χ2n) is 8.64. The third-order valence-electron chi connectivity index (χ3n) is 6.36. The number of rotatable bonds is 3. The van der Waals surface area contributed by atoms with Crippen LogP contribution in [-0.4, -0.2) is 70.3 Å². The van der Waals surface area contributed by atoms with E-state index in [0.29, 0.717) is 43.6 Å². The molecule has 3 heterocycles. The summed E-state index contributed by atoms with van der Waals surface area (Å²) in [4.78, 5) is 40.5. The fourth-order valence-corrected chi connectivity index (χ4v) is 4.47. The summed E-state index contributed by atoms with van der Waals surface area (Å²) in [5.41, 5.74) is 2.67. The number of hydrogen-bond acceptors (Lipinski definition) is 5. The molecule has 0 bridgehead atoms. The predicted molar refractivity (Wildman–Crippen MR) is 121 cm³/mol. The topological polar surface area (TPSA) is 69.6 Å². The van der Waals surface area contributed by atoms with Crippen molar-refractivity contribution >= 4 is 17.6 Å². The van der Waals surface area contributed by atoms with Gasteiger partial charge in [-0.05, 0) is 39.2 Å². The number of aromatic nitrogens is 2. The molecule has 1 aromatic carbocycles. The van der Waals surface area contributed by atoms with Crippen LogP contribution in [0.4, 0.5) is 5.82 Å². The summed E-state index contributed by atoms with van der Waals surface area (Å²) in [5.74, 6) is 1.39. The molecule has 2 fully saturated rings. The SMILES string of the molecule is CC(=O)N1CCN(C(=O)c2cnc(-c3cccc(C)c3)nc2N2CCCC[C@@H]2C)CC1. The Kier molecular flexibility index (Phi) is 6.20. The number of aryl methyl sites for hydroxylation is 1. The molecule has 2 saturated heterocycles. The number of carbonyl (C=O) groups is 2. The number of hydrogen-bond donors (Lipinski definition) is 0. The lowest BCUT2D eigenvalue weighted by atomic mass is 10.0. The third kappa shape index (κ3) is 4.55. The normalized spacial score (nSPS) is 19.5. The van der Waals surface area contributed by atoms with E-state index in [1.54, 1.807) is 18.0 Å². The Bertz CT molecular complexity index is 968. The molecule has 1 atom stereocenters. The Morgan fingerprint density at radius 2 is 1.77 bits per heavy atom. The second-order valence-corrected chi connectivity index (χ2v) is 8.64. The van der Waals surface area contributed by atoms with E-state index in [1.165, 1.54) is 6.42 Å². The van der Waals surface area contributed by atoms with E-state index in [4.69, 9.17) is 4.98 Å². The van der Waals surface area contributed by atoms with Gasteiger partial charge in [0.15, 0.2) is 5.82 Å². The Morgan fingerprint density at radius 3 is 2.45 bits per heavy atom. The van der Waals surface area contributed by atoms with E-state index in [-0.39, 0.29) is 11.8 Å². The first kappa shape index (κ1) is 21.3. The van der Waals surface area contributed by atoms with Crippen LogP contribution in [0.3, 0.4) is 0 Å². The number of anilines is 1. The van der Waals surface area contributed by atoms with Crippen LogP contribution in [0.5, 0.6) is 0 Å². The molecule has 0 saturated carbocycles. The molecule has 164 valence electrons. The molecule has 0 unspecified atom stereocenters. The van der Waals surface area contributed by atoms with Crippen LogP contribution in [0.1, 0.15) is 49.0 Å². The second kappa shape index (κ2) is 9.04. The fourth-order valence-electron chi connectivity index (χ4n) is 4.47. The van der Waals surface area contributed by atoms with Crippen molar-refractivity contribution in [3.8, 4) is 11.4 Å². The lowest BCUT2D eigenvalue weighted by Crippen LogP contribution is -2.50. The zero-order chi connectivity index (χ0) is 22.0. The van der Waals surface area contributed by atoms with E-state index in [9.17, 15) is 9.59 Å². The predicted octanol–water partition coefficient (Wildman–Crippen LogP) is 3.14. The van der Waals surface area contributed by atoms with E-state index in [1.807, 2.05) is 17.0 Å². The zero-order valence-electron chi connectivity index (χ0n) is 18.7. The first-order chi connectivity index (χ1) is 14.9. The Hall–Kier alpha value is -2.96. The van der Waals surface area contributed by atoms with Crippen LogP contribution in [0.25, 0.3) is 11.4 Å². The molecule has 2 aliphatic rings. The zero-order valence-corrected chi connectivity index (χ0v) is 18.7. The van der Waals surface area contributed by atoms with Crippen molar-refractivity contribution in [3.63, 3.8) is 0 Å². The average molecular weight is 422 g/mol. The summed E-state index contributed by atoms with van der Waals surface area (Å²) < 4.78 is 0. The summed E-state index contributed by atoms with van der Waals surface area (Å²) in [6.45, 7) is 8.93. The number of nitrogens with zero attached hydrogens (tertiary/aromatic N) is 5. The van der Waals surface area contributed by atoms with Crippen molar-refractivity contribution < 1.29 is 9.59 Å². The van der Waals surface area contributed by atoms with Gasteiger partial charge in [-0.2, -0.15) is 0 Å². The first-order valence-electron chi connectivity index (χ1n) is 11.2. The van der Waals surface area contributed by atoms with Gasteiger partial charge in [0.05, 0.1) is 0 Å². The molecular formula is C24H31N5O2. The van der Waals surface area contributed by atoms with Crippen molar-refractivity contribution in [2.24, 2.45) is 0 Å². The smallest absolute Gasteiger partial charge is 0.259 e. The molecular weight excluding hydrogens is 390 g/mol. The molecule has 0 radical (unpaired) electrons. The van der Waals surface area contributed by atoms with Gasteiger partial charge in [0.2, 0.25) is 5.91 Å². The van der Waals surface area contributed by atoms with Crippen LogP contribution in [0.15, 0.2) is 30.5 Å². The van der Waals surface area contributed by atoms with Crippen molar-refractivity contribution in [1.82, 2.24) is 19.8 Å². The Balaban J connectivity index is 1.68. The van der Waals surface area contributed by atoms with Gasteiger partial charge in [0.25, 0.3) is 5.91 Å². The fraction of sp³-hybridized carbons (Fsp3) is 0.500. The van der Waals surface area contributed by atoms with Gasteiger partial charge in [0, 0.05) is 57.4 Å². The minimum atomic E-state index is -0.0493. The monoisotopic (exact) mass is 421 g/mol. The standard InChI is InChI=1S/C24H31N5O2/c1-17-7-6-9-20(15-17)22-25-16-21(23(26-22)29-10-5-4-8-18(29)2)24(31)28-13-11-27(12-14-28)19(3)30/h6-7,9,15-16,18H,4-5,8,10-14H2,1-3H3/t18-/m0/s1. The summed E-state index contributed by atoms with van der Waals surface area (Å²) in [6, 6.07) is 8.46. The van der Waals surface area contributed by atoms with Crippen molar-refractivity contribution in [2.75, 3.05) is 37.6 Å². The number of piperazine rings is 1. The molecule has 1 aromatic heterocycles. The highest BCUT2D eigenvalue weighted by molar-refractivity contribution is 5.99. The number of piperidine rings is 1. The quantitative estimate of drug-likeness (QED) is 0.762. The van der Waals surface area contributed by atoms with Gasteiger partial charge < -0.3 is 14.7 Å². The van der Waals surface area contributed by atoms with Gasteiger partial charge in [-0.3, -0.25) is 9.59 Å². The molecule has 2 amide bonds. The van der Waals surface area contributed by atoms with Crippen molar-refractivity contribution in [3.05, 3.63) is 41.6 Å². The van der Waals surface area contributed by atoms with Gasteiger partial charge in [-0.15, -0.1) is 0 Å². The molecule has 2 aliphatic heterocycles. The summed E-state index contributed by atoms with van der Waals surface area (Å²) in [5, 5.41) is 0. The van der Waals surface area contributed by atoms with Crippen LogP contribution in [0.2, 0.25) is 0 Å². The van der Waals surface area contributed by atoms with E-state index >= 15 is 0 Å². The largest absolute Gasteiger partial charge is 0.353 e.